The minimum absolute atomic E-state index is 0.279. The van der Waals surface area contributed by atoms with E-state index in [-0.39, 0.29) is 12.0 Å². The molecule has 0 aromatic heterocycles. The molecule has 0 saturated carbocycles. The van der Waals surface area contributed by atoms with Gasteiger partial charge in [-0.15, -0.1) is 0 Å². The Balaban J connectivity index is 2.05. The monoisotopic (exact) mass is 385 g/mol. The van der Waals surface area contributed by atoms with Crippen LogP contribution in [0.4, 0.5) is 4.79 Å². The van der Waals surface area contributed by atoms with E-state index in [1.807, 2.05) is 32.0 Å². The Kier molecular flexibility index (Phi) is 6.39. The number of urea groups is 1. The Bertz CT molecular complexity index is 787. The van der Waals surface area contributed by atoms with Gasteiger partial charge in [0.2, 0.25) is 0 Å². The molecule has 3 rings (SSSR count). The molecule has 2 atom stereocenters. The van der Waals surface area contributed by atoms with Crippen molar-refractivity contribution in [3.63, 3.8) is 0 Å². The Morgan fingerprint density at radius 1 is 1.29 bits per heavy atom. The maximum absolute atomic E-state index is 12.9. The molecular weight excluding hydrogens is 354 g/mol. The topological polar surface area (TPSA) is 70.7 Å². The van der Waals surface area contributed by atoms with E-state index in [4.69, 9.17) is 4.74 Å². The molecule has 2 aliphatic heterocycles. The number of carbonyl (C=O) groups is 2. The molecular formula is C22H31N3O3. The Morgan fingerprint density at radius 2 is 2.07 bits per heavy atom. The van der Waals surface area contributed by atoms with Crippen LogP contribution in [0.2, 0.25) is 0 Å². The van der Waals surface area contributed by atoms with Crippen molar-refractivity contribution < 1.29 is 14.3 Å². The summed E-state index contributed by atoms with van der Waals surface area (Å²) in [6.07, 6.45) is 3.49. The number of nitrogens with zero attached hydrogens (tertiary/aromatic N) is 1. The highest BCUT2D eigenvalue weighted by molar-refractivity contribution is 5.95. The lowest BCUT2D eigenvalue weighted by Crippen LogP contribution is -2.50. The van der Waals surface area contributed by atoms with Crippen LogP contribution in [0.15, 0.2) is 29.5 Å². The van der Waals surface area contributed by atoms with Gasteiger partial charge in [0.1, 0.15) is 0 Å². The van der Waals surface area contributed by atoms with Crippen LogP contribution in [0.5, 0.6) is 0 Å². The molecule has 2 aliphatic rings. The van der Waals surface area contributed by atoms with Crippen molar-refractivity contribution in [1.29, 1.82) is 0 Å². The van der Waals surface area contributed by atoms with Crippen LogP contribution in [0, 0.1) is 13.8 Å². The number of likely N-dealkylation sites (tertiary alicyclic amines) is 1. The first-order chi connectivity index (χ1) is 13.4. The minimum atomic E-state index is -0.511. The van der Waals surface area contributed by atoms with Crippen LogP contribution in [-0.2, 0) is 9.53 Å². The summed E-state index contributed by atoms with van der Waals surface area (Å²) >= 11 is 0. The fourth-order valence-corrected chi connectivity index (χ4v) is 4.09. The Hall–Kier alpha value is -2.34. The van der Waals surface area contributed by atoms with Gasteiger partial charge in [0.05, 0.1) is 18.2 Å². The van der Waals surface area contributed by atoms with E-state index >= 15 is 0 Å². The standard InChI is InChI=1S/C22H31N3O3/c1-5-28-21(26)19-18(13-25-11-7-6-8-16(25)4)23-22(27)24-20(19)17-12-14(2)9-10-15(17)3/h9-10,12,16,20H,5-8,11,13H2,1-4H3,(H2,23,24,27). The summed E-state index contributed by atoms with van der Waals surface area (Å²) in [5, 5.41) is 5.84. The summed E-state index contributed by atoms with van der Waals surface area (Å²) in [6, 6.07) is 5.73. The lowest BCUT2D eigenvalue weighted by molar-refractivity contribution is -0.139. The second-order valence-electron chi connectivity index (χ2n) is 7.82. The lowest BCUT2D eigenvalue weighted by atomic mass is 9.90. The van der Waals surface area contributed by atoms with Crippen molar-refractivity contribution in [2.24, 2.45) is 0 Å². The summed E-state index contributed by atoms with van der Waals surface area (Å²) in [5.74, 6) is -0.374. The number of amides is 2. The molecule has 152 valence electrons. The Labute approximate surface area is 167 Å². The van der Waals surface area contributed by atoms with Crippen molar-refractivity contribution in [2.75, 3.05) is 19.7 Å². The highest BCUT2D eigenvalue weighted by atomic mass is 16.5. The van der Waals surface area contributed by atoms with Gasteiger partial charge in [0.15, 0.2) is 0 Å². The van der Waals surface area contributed by atoms with Crippen LogP contribution in [0.3, 0.4) is 0 Å². The van der Waals surface area contributed by atoms with Crippen molar-refractivity contribution >= 4 is 12.0 Å². The number of rotatable bonds is 5. The van der Waals surface area contributed by atoms with E-state index in [2.05, 4.69) is 22.5 Å². The summed E-state index contributed by atoms with van der Waals surface area (Å²) in [4.78, 5) is 27.7. The molecule has 2 unspecified atom stereocenters. The number of piperidine rings is 1. The SMILES string of the molecule is CCOC(=O)C1=C(CN2CCCCC2C)NC(=O)NC1c1cc(C)ccc1C. The van der Waals surface area contributed by atoms with Gasteiger partial charge in [-0.1, -0.05) is 30.2 Å². The first-order valence-electron chi connectivity index (χ1n) is 10.2. The van der Waals surface area contributed by atoms with Crippen LogP contribution in [0.1, 0.15) is 55.8 Å². The zero-order valence-electron chi connectivity index (χ0n) is 17.3. The first-order valence-corrected chi connectivity index (χ1v) is 10.2. The number of aryl methyl sites for hydroxylation is 2. The van der Waals surface area contributed by atoms with E-state index in [1.54, 1.807) is 6.92 Å². The van der Waals surface area contributed by atoms with Crippen LogP contribution < -0.4 is 10.6 Å². The maximum Gasteiger partial charge on any atom is 0.338 e. The number of esters is 1. The average Bonchev–Trinajstić information content (AvgIpc) is 2.65. The summed E-state index contributed by atoms with van der Waals surface area (Å²) in [7, 11) is 0. The number of hydrogen-bond donors (Lipinski definition) is 2. The van der Waals surface area contributed by atoms with E-state index in [9.17, 15) is 9.59 Å². The van der Waals surface area contributed by atoms with Crippen molar-refractivity contribution in [3.05, 3.63) is 46.2 Å². The number of nitrogens with one attached hydrogen (secondary N) is 2. The lowest BCUT2D eigenvalue weighted by Gasteiger charge is -2.37. The highest BCUT2D eigenvalue weighted by Crippen LogP contribution is 2.31. The molecule has 28 heavy (non-hydrogen) atoms. The molecule has 0 spiro atoms. The second-order valence-corrected chi connectivity index (χ2v) is 7.82. The van der Waals surface area contributed by atoms with Gasteiger partial charge >= 0.3 is 12.0 Å². The largest absolute Gasteiger partial charge is 0.463 e. The summed E-state index contributed by atoms with van der Waals surface area (Å²) < 4.78 is 5.38. The van der Waals surface area contributed by atoms with Crippen molar-refractivity contribution in [2.45, 2.75) is 59.0 Å². The number of carbonyl (C=O) groups excluding carboxylic acids is 2. The highest BCUT2D eigenvalue weighted by Gasteiger charge is 2.35. The Morgan fingerprint density at radius 3 is 2.79 bits per heavy atom. The van der Waals surface area contributed by atoms with E-state index in [0.29, 0.717) is 30.5 Å². The second kappa shape index (κ2) is 8.78. The van der Waals surface area contributed by atoms with Gasteiger partial charge in [-0.25, -0.2) is 9.59 Å². The van der Waals surface area contributed by atoms with Gasteiger partial charge in [0.25, 0.3) is 0 Å². The molecule has 6 heteroatoms. The molecule has 0 bridgehead atoms. The number of benzene rings is 1. The van der Waals surface area contributed by atoms with Gasteiger partial charge in [-0.3, -0.25) is 4.90 Å². The van der Waals surface area contributed by atoms with Gasteiger partial charge < -0.3 is 15.4 Å². The quantitative estimate of drug-likeness (QED) is 0.763. The first kappa shape index (κ1) is 20.4. The third-order valence-corrected chi connectivity index (χ3v) is 5.70. The molecule has 2 heterocycles. The van der Waals surface area contributed by atoms with E-state index in [1.165, 1.54) is 6.42 Å². The molecule has 1 fully saturated rings. The fraction of sp³-hybridized carbons (Fsp3) is 0.545. The van der Waals surface area contributed by atoms with Crippen molar-refractivity contribution in [1.82, 2.24) is 15.5 Å². The molecule has 1 saturated heterocycles. The predicted octanol–water partition coefficient (Wildman–Crippen LogP) is 3.35. The zero-order valence-corrected chi connectivity index (χ0v) is 17.3. The zero-order chi connectivity index (χ0) is 20.3. The predicted molar refractivity (Wildman–Crippen MR) is 109 cm³/mol. The van der Waals surface area contributed by atoms with Gasteiger partial charge in [0, 0.05) is 18.3 Å². The normalized spacial score (nSPS) is 23.2. The molecule has 2 N–H and O–H groups in total. The molecule has 2 amide bonds. The fourth-order valence-electron chi connectivity index (χ4n) is 4.09. The molecule has 0 radical (unpaired) electrons. The van der Waals surface area contributed by atoms with Crippen LogP contribution >= 0.6 is 0 Å². The molecule has 1 aromatic rings. The third kappa shape index (κ3) is 4.38. The van der Waals surface area contributed by atoms with E-state index in [0.717, 1.165) is 36.1 Å². The van der Waals surface area contributed by atoms with E-state index < -0.39 is 6.04 Å². The van der Waals surface area contributed by atoms with Crippen molar-refractivity contribution in [3.8, 4) is 0 Å². The average molecular weight is 386 g/mol. The molecule has 0 aliphatic carbocycles. The van der Waals surface area contributed by atoms with Crippen LogP contribution in [-0.4, -0.2) is 42.6 Å². The molecule has 6 nitrogen and oxygen atoms in total. The molecule has 1 aromatic carbocycles. The van der Waals surface area contributed by atoms with Crippen LogP contribution in [0.25, 0.3) is 0 Å². The number of ether oxygens (including phenoxy) is 1. The van der Waals surface area contributed by atoms with Gasteiger partial charge in [-0.2, -0.15) is 0 Å². The van der Waals surface area contributed by atoms with Gasteiger partial charge in [-0.05, 0) is 58.2 Å². The summed E-state index contributed by atoms with van der Waals surface area (Å²) in [6.45, 7) is 9.82. The number of hydrogen-bond acceptors (Lipinski definition) is 4. The smallest absolute Gasteiger partial charge is 0.338 e. The minimum Gasteiger partial charge on any atom is -0.463 e. The summed E-state index contributed by atoms with van der Waals surface area (Å²) in [5.41, 5.74) is 4.21. The maximum atomic E-state index is 12.9. The third-order valence-electron chi connectivity index (χ3n) is 5.70.